The third kappa shape index (κ3) is 3.00. The van der Waals surface area contributed by atoms with E-state index in [9.17, 15) is 8.42 Å². The van der Waals surface area contributed by atoms with Gasteiger partial charge in [0.15, 0.2) is 0 Å². The molecule has 3 nitrogen and oxygen atoms in total. The molecule has 0 amide bonds. The molecule has 0 bridgehead atoms. The van der Waals surface area contributed by atoms with Gasteiger partial charge in [-0.2, -0.15) is 0 Å². The molecule has 1 aliphatic rings. The van der Waals surface area contributed by atoms with Gasteiger partial charge in [0, 0.05) is 7.05 Å². The summed E-state index contributed by atoms with van der Waals surface area (Å²) in [6.07, 6.45) is 2.44. The summed E-state index contributed by atoms with van der Waals surface area (Å²) < 4.78 is 25.9. The number of benzene rings is 1. The fraction of sp³-hybridized carbons (Fsp3) is 0.625. The number of rotatable bonds is 4. The Hall–Kier alpha value is -1.03. The molecule has 0 saturated heterocycles. The maximum Gasteiger partial charge on any atom is 0.234 e. The summed E-state index contributed by atoms with van der Waals surface area (Å²) in [6, 6.07) is 6.34. The lowest BCUT2D eigenvalue weighted by atomic mass is 9.85. The van der Waals surface area contributed by atoms with Crippen LogP contribution in [0.25, 0.3) is 0 Å². The summed E-state index contributed by atoms with van der Waals surface area (Å²) in [5, 5.41) is 0. The van der Waals surface area contributed by atoms with E-state index in [0.29, 0.717) is 5.92 Å². The van der Waals surface area contributed by atoms with E-state index < -0.39 is 10.0 Å². The van der Waals surface area contributed by atoms with Crippen LogP contribution in [0.3, 0.4) is 0 Å². The molecule has 4 heteroatoms. The minimum Gasteiger partial charge on any atom is -0.273 e. The predicted molar refractivity (Wildman–Crippen MR) is 85.0 cm³/mol. The first-order chi connectivity index (χ1) is 9.16. The van der Waals surface area contributed by atoms with Gasteiger partial charge in [-0.15, -0.1) is 0 Å². The van der Waals surface area contributed by atoms with Crippen molar-refractivity contribution >= 4 is 15.7 Å². The van der Waals surface area contributed by atoms with Gasteiger partial charge in [0.2, 0.25) is 10.0 Å². The molecular formula is C16H25NO2S. The Bertz CT molecular complexity index is 595. The van der Waals surface area contributed by atoms with E-state index in [0.717, 1.165) is 11.3 Å². The molecule has 0 spiro atoms. The summed E-state index contributed by atoms with van der Waals surface area (Å²) in [5.41, 5.74) is 3.12. The van der Waals surface area contributed by atoms with Gasteiger partial charge in [-0.05, 0) is 48.3 Å². The van der Waals surface area contributed by atoms with Crippen LogP contribution in [0, 0.1) is 0 Å². The third-order valence-corrected chi connectivity index (χ3v) is 5.76. The molecular weight excluding hydrogens is 270 g/mol. The van der Waals surface area contributed by atoms with Crippen molar-refractivity contribution in [2.45, 2.75) is 51.9 Å². The van der Waals surface area contributed by atoms with E-state index in [2.05, 4.69) is 39.0 Å². The van der Waals surface area contributed by atoms with Crippen LogP contribution in [0.15, 0.2) is 18.2 Å². The Morgan fingerprint density at radius 2 is 1.85 bits per heavy atom. The molecule has 2 rings (SSSR count). The molecule has 0 N–H and O–H groups in total. The lowest BCUT2D eigenvalue weighted by Crippen LogP contribution is -2.30. The Morgan fingerprint density at radius 1 is 1.25 bits per heavy atom. The van der Waals surface area contributed by atoms with Crippen molar-refractivity contribution in [2.75, 3.05) is 17.1 Å². The Labute approximate surface area is 123 Å². The van der Waals surface area contributed by atoms with E-state index >= 15 is 0 Å². The van der Waals surface area contributed by atoms with Crippen LogP contribution in [0.1, 0.15) is 57.6 Å². The largest absolute Gasteiger partial charge is 0.273 e. The number of nitrogens with zero attached hydrogens (tertiary/aromatic N) is 1. The molecule has 112 valence electrons. The maximum atomic E-state index is 12.2. The van der Waals surface area contributed by atoms with Gasteiger partial charge in [-0.3, -0.25) is 4.31 Å². The van der Waals surface area contributed by atoms with Crippen molar-refractivity contribution in [1.29, 1.82) is 0 Å². The second kappa shape index (κ2) is 5.06. The molecule has 0 atom stereocenters. The number of anilines is 1. The summed E-state index contributed by atoms with van der Waals surface area (Å²) in [5.74, 6) is 0.751. The molecule has 0 aliphatic heterocycles. The van der Waals surface area contributed by atoms with Crippen LogP contribution < -0.4 is 4.31 Å². The van der Waals surface area contributed by atoms with Crippen LogP contribution in [0.2, 0.25) is 0 Å². The zero-order chi connectivity index (χ0) is 15.1. The van der Waals surface area contributed by atoms with Crippen molar-refractivity contribution in [1.82, 2.24) is 0 Å². The number of sulfonamides is 1. The molecule has 1 aromatic carbocycles. The second-order valence-corrected chi connectivity index (χ2v) is 8.96. The highest BCUT2D eigenvalue weighted by molar-refractivity contribution is 7.92. The van der Waals surface area contributed by atoms with Gasteiger partial charge < -0.3 is 0 Å². The summed E-state index contributed by atoms with van der Waals surface area (Å²) in [7, 11) is -1.56. The fourth-order valence-corrected chi connectivity index (χ4v) is 3.30. The molecule has 0 heterocycles. The van der Waals surface area contributed by atoms with Crippen LogP contribution in [-0.2, 0) is 15.4 Å². The summed E-state index contributed by atoms with van der Waals surface area (Å²) in [6.45, 7) is 8.05. The summed E-state index contributed by atoms with van der Waals surface area (Å²) in [4.78, 5) is 0. The first kappa shape index (κ1) is 15.4. The van der Waals surface area contributed by atoms with Crippen molar-refractivity contribution in [3.05, 3.63) is 29.3 Å². The highest BCUT2D eigenvalue weighted by Crippen LogP contribution is 2.43. The lowest BCUT2D eigenvalue weighted by Gasteiger charge is -2.29. The van der Waals surface area contributed by atoms with Gasteiger partial charge >= 0.3 is 0 Å². The Morgan fingerprint density at radius 3 is 2.30 bits per heavy atom. The second-order valence-electron chi connectivity index (χ2n) is 6.67. The molecule has 0 unspecified atom stereocenters. The van der Waals surface area contributed by atoms with Gasteiger partial charge in [-0.1, -0.05) is 32.9 Å². The standard InChI is InChI=1S/C16H25NO2S/c1-6-20(18,19)17(5)15-11-13(12-7-8-12)9-10-14(15)16(2,3)4/h9-12H,6-8H2,1-5H3. The smallest absolute Gasteiger partial charge is 0.234 e. The topological polar surface area (TPSA) is 37.4 Å². The molecule has 1 aliphatic carbocycles. The van der Waals surface area contributed by atoms with E-state index in [-0.39, 0.29) is 11.2 Å². The van der Waals surface area contributed by atoms with Crippen LogP contribution in [0.5, 0.6) is 0 Å². The Balaban J connectivity index is 2.54. The van der Waals surface area contributed by atoms with Gasteiger partial charge in [-0.25, -0.2) is 8.42 Å². The van der Waals surface area contributed by atoms with Crippen molar-refractivity contribution in [3.63, 3.8) is 0 Å². The van der Waals surface area contributed by atoms with Gasteiger partial charge in [0.1, 0.15) is 0 Å². The minimum atomic E-state index is -3.22. The van der Waals surface area contributed by atoms with Gasteiger partial charge in [0.25, 0.3) is 0 Å². The molecule has 20 heavy (non-hydrogen) atoms. The normalized spacial score (nSPS) is 16.2. The fourth-order valence-electron chi connectivity index (χ4n) is 2.46. The quantitative estimate of drug-likeness (QED) is 0.850. The summed E-state index contributed by atoms with van der Waals surface area (Å²) >= 11 is 0. The molecule has 1 fully saturated rings. The first-order valence-electron chi connectivity index (χ1n) is 7.28. The van der Waals surface area contributed by atoms with E-state index in [4.69, 9.17) is 0 Å². The molecule has 1 aromatic rings. The lowest BCUT2D eigenvalue weighted by molar-refractivity contribution is 0.584. The highest BCUT2D eigenvalue weighted by atomic mass is 32.2. The van der Waals surface area contributed by atoms with Crippen LogP contribution in [-0.4, -0.2) is 21.2 Å². The van der Waals surface area contributed by atoms with Crippen molar-refractivity contribution in [3.8, 4) is 0 Å². The molecule has 1 saturated carbocycles. The van der Waals surface area contributed by atoms with E-state index in [1.807, 2.05) is 0 Å². The van der Waals surface area contributed by atoms with Crippen LogP contribution >= 0.6 is 0 Å². The minimum absolute atomic E-state index is 0.0745. The van der Waals surface area contributed by atoms with Crippen molar-refractivity contribution in [2.24, 2.45) is 0 Å². The zero-order valence-electron chi connectivity index (χ0n) is 13.1. The first-order valence-corrected chi connectivity index (χ1v) is 8.88. The van der Waals surface area contributed by atoms with E-state index in [1.165, 1.54) is 22.7 Å². The number of hydrogen-bond donors (Lipinski definition) is 0. The monoisotopic (exact) mass is 295 g/mol. The highest BCUT2D eigenvalue weighted by Gasteiger charge is 2.29. The van der Waals surface area contributed by atoms with E-state index in [1.54, 1.807) is 14.0 Å². The SMILES string of the molecule is CCS(=O)(=O)N(C)c1cc(C2CC2)ccc1C(C)(C)C. The average molecular weight is 295 g/mol. The molecule has 0 aromatic heterocycles. The zero-order valence-corrected chi connectivity index (χ0v) is 13.9. The van der Waals surface area contributed by atoms with Gasteiger partial charge in [0.05, 0.1) is 11.4 Å². The third-order valence-electron chi connectivity index (χ3n) is 4.00. The maximum absolute atomic E-state index is 12.2. The average Bonchev–Trinajstić information content (AvgIpc) is 3.20. The Kier molecular flexibility index (Phi) is 3.89. The van der Waals surface area contributed by atoms with Crippen LogP contribution in [0.4, 0.5) is 5.69 Å². The number of hydrogen-bond acceptors (Lipinski definition) is 2. The molecule has 0 radical (unpaired) electrons. The van der Waals surface area contributed by atoms with Crippen molar-refractivity contribution < 1.29 is 8.42 Å². The predicted octanol–water partition coefficient (Wildman–Crippen LogP) is 3.65.